The molecule has 4 aromatic rings. The van der Waals surface area contributed by atoms with E-state index in [9.17, 15) is 9.59 Å². The summed E-state index contributed by atoms with van der Waals surface area (Å²) in [6.45, 7) is 0.247. The van der Waals surface area contributed by atoms with Crippen molar-refractivity contribution in [2.75, 3.05) is 5.32 Å². The number of nitrogens with one attached hydrogen (secondary N) is 2. The lowest BCUT2D eigenvalue weighted by Crippen LogP contribution is -2.22. The number of pyridine rings is 1. The fourth-order valence-corrected chi connectivity index (χ4v) is 2.86. The van der Waals surface area contributed by atoms with Crippen LogP contribution in [0.4, 0.5) is 5.69 Å². The first-order chi connectivity index (χ1) is 14.7. The van der Waals surface area contributed by atoms with E-state index >= 15 is 0 Å². The van der Waals surface area contributed by atoms with Crippen LogP contribution in [0.3, 0.4) is 0 Å². The molecular formula is C23H18N4O3. The van der Waals surface area contributed by atoms with Crippen LogP contribution in [0.5, 0.6) is 0 Å². The van der Waals surface area contributed by atoms with Crippen molar-refractivity contribution in [3.63, 3.8) is 0 Å². The predicted octanol–water partition coefficient (Wildman–Crippen LogP) is 3.92. The lowest BCUT2D eigenvalue weighted by molar-refractivity contribution is 0.0914. The SMILES string of the molecule is O=C(Nc1ccncc1)c1cccc(CNC(=O)c2cc(-c3ccccc3)no2)c1. The number of benzene rings is 2. The van der Waals surface area contributed by atoms with Gasteiger partial charge in [0.05, 0.1) is 0 Å². The van der Waals surface area contributed by atoms with Crippen LogP contribution in [0, 0.1) is 0 Å². The fourth-order valence-electron chi connectivity index (χ4n) is 2.86. The number of hydrogen-bond acceptors (Lipinski definition) is 5. The molecule has 0 spiro atoms. The first-order valence-corrected chi connectivity index (χ1v) is 9.30. The van der Waals surface area contributed by atoms with Gasteiger partial charge in [0.25, 0.3) is 11.8 Å². The Hall–Kier alpha value is -4.26. The van der Waals surface area contributed by atoms with Gasteiger partial charge in [-0.05, 0) is 29.8 Å². The van der Waals surface area contributed by atoms with Crippen LogP contribution in [-0.2, 0) is 6.54 Å². The first-order valence-electron chi connectivity index (χ1n) is 9.30. The molecule has 0 saturated heterocycles. The van der Waals surface area contributed by atoms with Crippen molar-refractivity contribution in [1.29, 1.82) is 0 Å². The normalized spacial score (nSPS) is 10.4. The second-order valence-electron chi connectivity index (χ2n) is 6.52. The Morgan fingerprint density at radius 1 is 0.867 bits per heavy atom. The van der Waals surface area contributed by atoms with Crippen LogP contribution in [0.15, 0.2) is 89.7 Å². The van der Waals surface area contributed by atoms with E-state index in [1.807, 2.05) is 36.4 Å². The van der Waals surface area contributed by atoms with Crippen LogP contribution in [-0.4, -0.2) is 22.0 Å². The Balaban J connectivity index is 1.38. The Morgan fingerprint density at radius 2 is 1.67 bits per heavy atom. The lowest BCUT2D eigenvalue weighted by Gasteiger charge is -2.07. The third kappa shape index (κ3) is 4.59. The summed E-state index contributed by atoms with van der Waals surface area (Å²) in [7, 11) is 0. The molecule has 0 saturated carbocycles. The van der Waals surface area contributed by atoms with Gasteiger partial charge in [0, 0.05) is 41.8 Å². The predicted molar refractivity (Wildman–Crippen MR) is 112 cm³/mol. The van der Waals surface area contributed by atoms with Gasteiger partial charge in [-0.25, -0.2) is 0 Å². The van der Waals surface area contributed by atoms with Gasteiger partial charge in [0.2, 0.25) is 5.76 Å². The summed E-state index contributed by atoms with van der Waals surface area (Å²) >= 11 is 0. The zero-order chi connectivity index (χ0) is 20.8. The third-order valence-corrected chi connectivity index (χ3v) is 4.38. The van der Waals surface area contributed by atoms with Crippen molar-refractivity contribution in [2.45, 2.75) is 6.54 Å². The second-order valence-corrected chi connectivity index (χ2v) is 6.52. The van der Waals surface area contributed by atoms with Crippen LogP contribution in [0.2, 0.25) is 0 Å². The number of carbonyl (C=O) groups is 2. The topological polar surface area (TPSA) is 97.1 Å². The van der Waals surface area contributed by atoms with E-state index in [4.69, 9.17) is 4.52 Å². The molecule has 0 aliphatic carbocycles. The van der Waals surface area contributed by atoms with Gasteiger partial charge in [-0.1, -0.05) is 47.6 Å². The minimum Gasteiger partial charge on any atom is -0.350 e. The van der Waals surface area contributed by atoms with E-state index in [2.05, 4.69) is 20.8 Å². The summed E-state index contributed by atoms with van der Waals surface area (Å²) < 4.78 is 5.17. The molecule has 2 aromatic heterocycles. The molecule has 7 nitrogen and oxygen atoms in total. The molecule has 0 bridgehead atoms. The molecule has 4 rings (SSSR count). The number of amides is 2. The van der Waals surface area contributed by atoms with E-state index in [-0.39, 0.29) is 24.1 Å². The number of hydrogen-bond donors (Lipinski definition) is 2. The van der Waals surface area contributed by atoms with Gasteiger partial charge in [-0.3, -0.25) is 14.6 Å². The van der Waals surface area contributed by atoms with Crippen LogP contribution in [0.1, 0.15) is 26.5 Å². The molecule has 2 N–H and O–H groups in total. The molecule has 0 radical (unpaired) electrons. The van der Waals surface area contributed by atoms with E-state index in [0.29, 0.717) is 16.9 Å². The highest BCUT2D eigenvalue weighted by molar-refractivity contribution is 6.04. The number of anilines is 1. The molecular weight excluding hydrogens is 380 g/mol. The van der Waals surface area contributed by atoms with E-state index in [1.54, 1.807) is 48.8 Å². The molecule has 2 heterocycles. The second kappa shape index (κ2) is 8.83. The Kier molecular flexibility index (Phi) is 5.61. The van der Waals surface area contributed by atoms with Crippen molar-refractivity contribution >= 4 is 17.5 Å². The van der Waals surface area contributed by atoms with Crippen molar-refractivity contribution in [1.82, 2.24) is 15.5 Å². The smallest absolute Gasteiger partial charge is 0.290 e. The van der Waals surface area contributed by atoms with Gasteiger partial charge in [-0.15, -0.1) is 0 Å². The molecule has 0 unspecified atom stereocenters. The minimum absolute atomic E-state index is 0.125. The number of aromatic nitrogens is 2. The maximum Gasteiger partial charge on any atom is 0.290 e. The average Bonchev–Trinajstić information content (AvgIpc) is 3.29. The van der Waals surface area contributed by atoms with Crippen molar-refractivity contribution < 1.29 is 14.1 Å². The lowest BCUT2D eigenvalue weighted by atomic mass is 10.1. The van der Waals surface area contributed by atoms with Gasteiger partial charge >= 0.3 is 0 Å². The summed E-state index contributed by atoms with van der Waals surface area (Å²) in [5.74, 6) is -0.492. The number of carbonyl (C=O) groups excluding carboxylic acids is 2. The molecule has 2 aromatic carbocycles. The Bertz CT molecular complexity index is 1160. The van der Waals surface area contributed by atoms with Crippen molar-refractivity contribution in [3.05, 3.63) is 102 Å². The maximum absolute atomic E-state index is 12.4. The highest BCUT2D eigenvalue weighted by Gasteiger charge is 2.14. The average molecular weight is 398 g/mol. The fraction of sp³-hybridized carbons (Fsp3) is 0.0435. The van der Waals surface area contributed by atoms with E-state index < -0.39 is 0 Å². The Morgan fingerprint density at radius 3 is 2.47 bits per heavy atom. The van der Waals surface area contributed by atoms with Gasteiger partial charge in [0.15, 0.2) is 0 Å². The van der Waals surface area contributed by atoms with Crippen molar-refractivity contribution in [3.8, 4) is 11.3 Å². The molecule has 0 fully saturated rings. The zero-order valence-corrected chi connectivity index (χ0v) is 15.9. The number of rotatable bonds is 6. The summed E-state index contributed by atoms with van der Waals surface area (Å²) in [6, 6.07) is 21.5. The molecule has 148 valence electrons. The summed E-state index contributed by atoms with van der Waals surface area (Å²) in [5.41, 5.74) is 3.40. The minimum atomic E-state index is -0.378. The van der Waals surface area contributed by atoms with E-state index in [0.717, 1.165) is 11.1 Å². The van der Waals surface area contributed by atoms with Crippen LogP contribution in [0.25, 0.3) is 11.3 Å². The monoisotopic (exact) mass is 398 g/mol. The highest BCUT2D eigenvalue weighted by atomic mass is 16.5. The standard InChI is InChI=1S/C23H18N4O3/c28-22(26-19-9-11-24-12-10-19)18-8-4-5-16(13-18)15-25-23(29)21-14-20(27-30-21)17-6-2-1-3-7-17/h1-14H,15H2,(H,25,29)(H,24,26,28). The summed E-state index contributed by atoms with van der Waals surface area (Å²) in [4.78, 5) is 28.7. The van der Waals surface area contributed by atoms with Crippen molar-refractivity contribution in [2.24, 2.45) is 0 Å². The summed E-state index contributed by atoms with van der Waals surface area (Å²) in [5, 5.41) is 9.53. The van der Waals surface area contributed by atoms with Gasteiger partial charge in [-0.2, -0.15) is 0 Å². The zero-order valence-electron chi connectivity index (χ0n) is 15.9. The molecule has 2 amide bonds. The van der Waals surface area contributed by atoms with E-state index in [1.165, 1.54) is 0 Å². The highest BCUT2D eigenvalue weighted by Crippen LogP contribution is 2.18. The summed E-state index contributed by atoms with van der Waals surface area (Å²) in [6.07, 6.45) is 3.21. The maximum atomic E-state index is 12.4. The molecule has 7 heteroatoms. The first kappa shape index (κ1) is 19.1. The quantitative estimate of drug-likeness (QED) is 0.513. The molecule has 0 aliphatic heterocycles. The van der Waals surface area contributed by atoms with Crippen LogP contribution < -0.4 is 10.6 Å². The largest absolute Gasteiger partial charge is 0.350 e. The van der Waals surface area contributed by atoms with Gasteiger partial charge in [0.1, 0.15) is 5.69 Å². The Labute approximate surface area is 172 Å². The van der Waals surface area contributed by atoms with Gasteiger partial charge < -0.3 is 15.2 Å². The molecule has 0 aliphatic rings. The van der Waals surface area contributed by atoms with Crippen LogP contribution >= 0.6 is 0 Å². The third-order valence-electron chi connectivity index (χ3n) is 4.38. The number of nitrogens with zero attached hydrogens (tertiary/aromatic N) is 2. The molecule has 30 heavy (non-hydrogen) atoms. The molecule has 0 atom stereocenters.